The first kappa shape index (κ1) is 21.1. The average molecular weight is 411 g/mol. The summed E-state index contributed by atoms with van der Waals surface area (Å²) >= 11 is 0. The molecule has 3 aromatic rings. The zero-order valence-electron chi connectivity index (χ0n) is 17.3. The Balaban J connectivity index is 1.70. The molecule has 0 fully saturated rings. The van der Waals surface area contributed by atoms with Gasteiger partial charge in [0.05, 0.1) is 32.1 Å². The van der Waals surface area contributed by atoms with Crippen molar-refractivity contribution in [1.29, 1.82) is 0 Å². The van der Waals surface area contributed by atoms with Crippen LogP contribution in [0.5, 0.6) is 17.2 Å². The summed E-state index contributed by atoms with van der Waals surface area (Å²) in [6.07, 6.45) is 0. The molecule has 0 atom stereocenters. The van der Waals surface area contributed by atoms with Crippen molar-refractivity contribution in [2.75, 3.05) is 19.8 Å². The van der Waals surface area contributed by atoms with Crippen LogP contribution in [0.15, 0.2) is 42.5 Å². The van der Waals surface area contributed by atoms with E-state index in [-0.39, 0.29) is 12.5 Å². The van der Waals surface area contributed by atoms with Crippen LogP contribution in [0.25, 0.3) is 5.69 Å². The standard InChI is InChI=1S/C21H25N5O4/c1-4-28-17-10-8-16(9-11-17)26-20(23-24-25-26)14-22-21(27)15-7-12-18(29-5-2)19(13-15)30-6-3/h7-13H,4-6,14H2,1-3H3,(H,22,27). The second kappa shape index (κ2) is 10.2. The third-order valence-corrected chi connectivity index (χ3v) is 4.14. The van der Waals surface area contributed by atoms with E-state index >= 15 is 0 Å². The number of nitrogens with one attached hydrogen (secondary N) is 1. The highest BCUT2D eigenvalue weighted by atomic mass is 16.5. The first-order chi connectivity index (χ1) is 14.7. The molecule has 9 nitrogen and oxygen atoms in total. The number of rotatable bonds is 10. The van der Waals surface area contributed by atoms with Gasteiger partial charge in [-0.25, -0.2) is 0 Å². The summed E-state index contributed by atoms with van der Waals surface area (Å²) in [5.41, 5.74) is 1.23. The summed E-state index contributed by atoms with van der Waals surface area (Å²) in [6, 6.07) is 12.5. The van der Waals surface area contributed by atoms with Gasteiger partial charge in [0.15, 0.2) is 17.3 Å². The second-order valence-corrected chi connectivity index (χ2v) is 6.14. The average Bonchev–Trinajstić information content (AvgIpc) is 3.23. The van der Waals surface area contributed by atoms with E-state index in [1.54, 1.807) is 22.9 Å². The topological polar surface area (TPSA) is 100 Å². The minimum Gasteiger partial charge on any atom is -0.494 e. The number of hydrogen-bond acceptors (Lipinski definition) is 7. The van der Waals surface area contributed by atoms with Gasteiger partial charge in [-0.05, 0) is 73.7 Å². The molecule has 0 aliphatic rings. The van der Waals surface area contributed by atoms with Gasteiger partial charge in [-0.2, -0.15) is 4.68 Å². The van der Waals surface area contributed by atoms with Crippen LogP contribution in [0.3, 0.4) is 0 Å². The van der Waals surface area contributed by atoms with Crippen LogP contribution < -0.4 is 19.5 Å². The molecule has 30 heavy (non-hydrogen) atoms. The van der Waals surface area contributed by atoms with E-state index < -0.39 is 0 Å². The Kier molecular flexibility index (Phi) is 7.20. The number of carbonyl (C=O) groups is 1. The lowest BCUT2D eigenvalue weighted by Gasteiger charge is -2.12. The summed E-state index contributed by atoms with van der Waals surface area (Å²) in [5.74, 6) is 2.15. The highest BCUT2D eigenvalue weighted by Crippen LogP contribution is 2.28. The number of ether oxygens (including phenoxy) is 3. The van der Waals surface area contributed by atoms with Gasteiger partial charge >= 0.3 is 0 Å². The zero-order valence-corrected chi connectivity index (χ0v) is 17.3. The van der Waals surface area contributed by atoms with Gasteiger partial charge in [0.1, 0.15) is 5.75 Å². The van der Waals surface area contributed by atoms with Crippen LogP contribution in [-0.4, -0.2) is 45.9 Å². The van der Waals surface area contributed by atoms with Crippen molar-refractivity contribution >= 4 is 5.91 Å². The van der Waals surface area contributed by atoms with Crippen LogP contribution >= 0.6 is 0 Å². The van der Waals surface area contributed by atoms with Crippen molar-refractivity contribution in [3.05, 3.63) is 53.9 Å². The minimum absolute atomic E-state index is 0.163. The SMILES string of the molecule is CCOc1ccc(-n2nnnc2CNC(=O)c2ccc(OCC)c(OCC)c2)cc1. The van der Waals surface area contributed by atoms with Gasteiger partial charge < -0.3 is 19.5 Å². The summed E-state index contributed by atoms with van der Waals surface area (Å²) in [6.45, 7) is 7.45. The maximum Gasteiger partial charge on any atom is 0.251 e. The van der Waals surface area contributed by atoms with E-state index in [1.165, 1.54) is 0 Å². The molecule has 2 aromatic carbocycles. The van der Waals surface area contributed by atoms with Crippen molar-refractivity contribution in [3.8, 4) is 22.9 Å². The molecular weight excluding hydrogens is 386 g/mol. The van der Waals surface area contributed by atoms with Gasteiger partial charge in [-0.3, -0.25) is 4.79 Å². The third-order valence-electron chi connectivity index (χ3n) is 4.14. The maximum absolute atomic E-state index is 12.6. The van der Waals surface area contributed by atoms with Crippen molar-refractivity contribution in [2.45, 2.75) is 27.3 Å². The van der Waals surface area contributed by atoms with Gasteiger partial charge in [0.25, 0.3) is 5.91 Å². The van der Waals surface area contributed by atoms with E-state index in [2.05, 4.69) is 20.8 Å². The van der Waals surface area contributed by atoms with Crippen molar-refractivity contribution in [3.63, 3.8) is 0 Å². The van der Waals surface area contributed by atoms with E-state index in [9.17, 15) is 4.79 Å². The zero-order chi connectivity index (χ0) is 21.3. The number of tetrazole rings is 1. The number of hydrogen-bond donors (Lipinski definition) is 1. The number of aromatic nitrogens is 4. The summed E-state index contributed by atoms with van der Waals surface area (Å²) in [4.78, 5) is 12.6. The second-order valence-electron chi connectivity index (χ2n) is 6.14. The van der Waals surface area contributed by atoms with E-state index in [0.29, 0.717) is 42.7 Å². The number of nitrogens with zero attached hydrogens (tertiary/aromatic N) is 4. The molecule has 1 N–H and O–H groups in total. The van der Waals surface area contributed by atoms with Crippen molar-refractivity contribution in [2.24, 2.45) is 0 Å². The molecule has 0 saturated carbocycles. The van der Waals surface area contributed by atoms with Crippen LogP contribution in [-0.2, 0) is 6.54 Å². The van der Waals surface area contributed by atoms with Gasteiger partial charge in [-0.15, -0.1) is 5.10 Å². The molecule has 0 radical (unpaired) electrons. The predicted octanol–water partition coefficient (Wildman–Crippen LogP) is 2.79. The molecular formula is C21H25N5O4. The summed E-state index contributed by atoms with van der Waals surface area (Å²) in [5, 5.41) is 14.6. The fourth-order valence-electron chi connectivity index (χ4n) is 2.82. The summed E-state index contributed by atoms with van der Waals surface area (Å²) in [7, 11) is 0. The first-order valence-electron chi connectivity index (χ1n) is 9.84. The molecule has 1 amide bonds. The lowest BCUT2D eigenvalue weighted by atomic mass is 10.2. The third kappa shape index (κ3) is 5.05. The van der Waals surface area contributed by atoms with Gasteiger partial charge in [0, 0.05) is 5.56 Å². The molecule has 0 bridgehead atoms. The van der Waals surface area contributed by atoms with Crippen LogP contribution in [0.2, 0.25) is 0 Å². The molecule has 0 unspecified atom stereocenters. The monoisotopic (exact) mass is 411 g/mol. The van der Waals surface area contributed by atoms with E-state index in [4.69, 9.17) is 14.2 Å². The smallest absolute Gasteiger partial charge is 0.251 e. The van der Waals surface area contributed by atoms with Crippen molar-refractivity contribution < 1.29 is 19.0 Å². The van der Waals surface area contributed by atoms with Gasteiger partial charge in [0.2, 0.25) is 0 Å². The fourth-order valence-corrected chi connectivity index (χ4v) is 2.82. The predicted molar refractivity (Wildman–Crippen MR) is 110 cm³/mol. The highest BCUT2D eigenvalue weighted by Gasteiger charge is 2.14. The van der Waals surface area contributed by atoms with E-state index in [1.807, 2.05) is 45.0 Å². The van der Waals surface area contributed by atoms with Crippen LogP contribution in [0.1, 0.15) is 37.0 Å². The molecule has 0 aliphatic heterocycles. The number of carbonyl (C=O) groups excluding carboxylic acids is 1. The molecule has 0 saturated heterocycles. The van der Waals surface area contributed by atoms with Crippen LogP contribution in [0.4, 0.5) is 0 Å². The Morgan fingerprint density at radius 2 is 1.63 bits per heavy atom. The Labute approximate surface area is 175 Å². The quantitative estimate of drug-likeness (QED) is 0.547. The first-order valence-corrected chi connectivity index (χ1v) is 9.84. The largest absolute Gasteiger partial charge is 0.494 e. The number of amides is 1. The molecule has 0 aliphatic carbocycles. The Hall–Kier alpha value is -3.62. The van der Waals surface area contributed by atoms with Gasteiger partial charge in [-0.1, -0.05) is 0 Å². The fraction of sp³-hybridized carbons (Fsp3) is 0.333. The molecule has 3 rings (SSSR count). The Morgan fingerprint density at radius 3 is 2.33 bits per heavy atom. The highest BCUT2D eigenvalue weighted by molar-refractivity contribution is 5.94. The lowest BCUT2D eigenvalue weighted by Crippen LogP contribution is -2.24. The molecule has 0 spiro atoms. The maximum atomic E-state index is 12.6. The normalized spacial score (nSPS) is 10.5. The molecule has 1 heterocycles. The minimum atomic E-state index is -0.264. The molecule has 9 heteroatoms. The molecule has 1 aromatic heterocycles. The Bertz CT molecular complexity index is 972. The summed E-state index contributed by atoms with van der Waals surface area (Å²) < 4.78 is 18.1. The lowest BCUT2D eigenvalue weighted by molar-refractivity contribution is 0.0949. The molecule has 158 valence electrons. The van der Waals surface area contributed by atoms with Crippen molar-refractivity contribution in [1.82, 2.24) is 25.5 Å². The van der Waals surface area contributed by atoms with E-state index in [0.717, 1.165) is 11.4 Å². The number of benzene rings is 2. The Morgan fingerprint density at radius 1 is 0.933 bits per heavy atom. The van der Waals surface area contributed by atoms with Crippen LogP contribution in [0, 0.1) is 0 Å².